The Kier molecular flexibility index (Phi) is 8.66. The molecule has 1 heterocycles. The Morgan fingerprint density at radius 3 is 1.91 bits per heavy atom. The minimum absolute atomic E-state index is 0.0768. The molecule has 9 heteroatoms. The lowest BCUT2D eigenvalue weighted by molar-refractivity contribution is 0.0888. The number of nitrogens with zero attached hydrogens (tertiary/aromatic N) is 3. The quantitative estimate of drug-likeness (QED) is 0.389. The summed E-state index contributed by atoms with van der Waals surface area (Å²) in [7, 11) is 0. The van der Waals surface area contributed by atoms with Gasteiger partial charge in [0.25, 0.3) is 0 Å². The van der Waals surface area contributed by atoms with Crippen molar-refractivity contribution in [1.29, 1.82) is 0 Å². The van der Waals surface area contributed by atoms with E-state index in [4.69, 9.17) is 21.1 Å². The van der Waals surface area contributed by atoms with E-state index in [-0.39, 0.29) is 36.7 Å². The molecule has 3 rings (SSSR count). The minimum atomic E-state index is -0.804. The second-order valence-corrected chi connectivity index (χ2v) is 8.63. The maximum Gasteiger partial charge on any atom is 0.135 e. The highest BCUT2D eigenvalue weighted by atomic mass is 35.5. The molecule has 2 atom stereocenters. The summed E-state index contributed by atoms with van der Waals surface area (Å²) in [6, 6.07) is 15.5. The minimum Gasteiger partial charge on any atom is -0.491 e. The molecule has 2 aromatic carbocycles. The number of alkyl halides is 2. The first-order chi connectivity index (χ1) is 15.8. The number of hydrogen-bond acceptors (Lipinski definition) is 6. The molecule has 178 valence electrons. The van der Waals surface area contributed by atoms with Gasteiger partial charge in [-0.2, -0.15) is 0 Å². The smallest absolute Gasteiger partial charge is 0.135 e. The van der Waals surface area contributed by atoms with Crippen LogP contribution >= 0.6 is 11.6 Å². The van der Waals surface area contributed by atoms with Crippen molar-refractivity contribution in [1.82, 2.24) is 15.0 Å². The Balaban J connectivity index is 1.55. The summed E-state index contributed by atoms with van der Waals surface area (Å²) in [4.78, 5) is 0. The number of ether oxygens (including phenoxy) is 2. The molecule has 33 heavy (non-hydrogen) atoms. The zero-order valence-electron chi connectivity index (χ0n) is 18.7. The van der Waals surface area contributed by atoms with Crippen LogP contribution in [-0.4, -0.2) is 56.5 Å². The van der Waals surface area contributed by atoms with E-state index in [1.165, 1.54) is 10.9 Å². The van der Waals surface area contributed by atoms with E-state index >= 15 is 0 Å². The highest BCUT2D eigenvalue weighted by molar-refractivity contribution is 6.18. The van der Waals surface area contributed by atoms with Crippen molar-refractivity contribution < 1.29 is 24.1 Å². The first-order valence-corrected chi connectivity index (χ1v) is 11.2. The monoisotopic (exact) mass is 476 g/mol. The number of benzene rings is 2. The molecule has 0 amide bonds. The van der Waals surface area contributed by atoms with E-state index in [9.17, 15) is 14.6 Å². The number of rotatable bonds is 12. The topological polar surface area (TPSA) is 89.6 Å². The van der Waals surface area contributed by atoms with Gasteiger partial charge in [0.2, 0.25) is 0 Å². The van der Waals surface area contributed by atoms with Crippen molar-refractivity contribution in [3.8, 4) is 11.5 Å². The van der Waals surface area contributed by atoms with Gasteiger partial charge in [-0.3, -0.25) is 0 Å². The van der Waals surface area contributed by atoms with Gasteiger partial charge < -0.3 is 19.7 Å². The SMILES string of the molecule is CC(C)(c1ccc(OCC(O)CCl)cc1)c1ccc(OCC(O)Cn2cc(C[18F])nn2)cc1. The molecule has 0 saturated carbocycles. The Morgan fingerprint density at radius 2 is 1.45 bits per heavy atom. The van der Waals surface area contributed by atoms with E-state index in [2.05, 4.69) is 24.2 Å². The fourth-order valence-corrected chi connectivity index (χ4v) is 3.38. The van der Waals surface area contributed by atoms with Gasteiger partial charge in [-0.05, 0) is 35.4 Å². The molecular formula is C24H29ClFN3O4. The van der Waals surface area contributed by atoms with Gasteiger partial charge >= 0.3 is 0 Å². The highest BCUT2D eigenvalue weighted by Gasteiger charge is 2.23. The first kappa shape index (κ1) is 25.0. The molecule has 0 aliphatic carbocycles. The van der Waals surface area contributed by atoms with Crippen molar-refractivity contribution in [3.63, 3.8) is 0 Å². The summed E-state index contributed by atoms with van der Waals surface area (Å²) >= 11 is 5.59. The maximum absolute atomic E-state index is 12.5. The lowest BCUT2D eigenvalue weighted by Gasteiger charge is -2.26. The zero-order chi connectivity index (χ0) is 23.8. The van der Waals surface area contributed by atoms with Crippen LogP contribution < -0.4 is 9.47 Å². The molecule has 0 bridgehead atoms. The molecule has 0 spiro atoms. The lowest BCUT2D eigenvalue weighted by Crippen LogP contribution is -2.24. The van der Waals surface area contributed by atoms with Gasteiger partial charge in [0.05, 0.1) is 18.6 Å². The molecule has 2 unspecified atom stereocenters. The van der Waals surface area contributed by atoms with Crippen LogP contribution in [0.1, 0.15) is 30.7 Å². The van der Waals surface area contributed by atoms with Gasteiger partial charge in [0, 0.05) is 5.41 Å². The van der Waals surface area contributed by atoms with Crippen LogP contribution in [0.5, 0.6) is 11.5 Å². The number of aromatic nitrogens is 3. The third-order valence-corrected chi connectivity index (χ3v) is 5.69. The van der Waals surface area contributed by atoms with Gasteiger partial charge in [-0.25, -0.2) is 9.07 Å². The number of aliphatic hydroxyl groups is 2. The largest absolute Gasteiger partial charge is 0.491 e. The van der Waals surface area contributed by atoms with Crippen LogP contribution in [0.3, 0.4) is 0 Å². The Hall–Kier alpha value is -2.68. The molecular weight excluding hydrogens is 448 g/mol. The fourth-order valence-electron chi connectivity index (χ4n) is 3.29. The molecule has 3 aromatic rings. The molecule has 0 fully saturated rings. The van der Waals surface area contributed by atoms with Crippen LogP contribution in [-0.2, 0) is 18.6 Å². The molecule has 0 aliphatic rings. The number of hydrogen-bond donors (Lipinski definition) is 2. The summed E-state index contributed by atoms with van der Waals surface area (Å²) in [5.41, 5.74) is 2.18. The maximum atomic E-state index is 12.5. The van der Waals surface area contributed by atoms with Crippen LogP contribution in [0.4, 0.5) is 4.39 Å². The first-order valence-electron chi connectivity index (χ1n) is 10.7. The predicted octanol–water partition coefficient (Wildman–Crippen LogP) is 3.49. The molecule has 0 radical (unpaired) electrons. The van der Waals surface area contributed by atoms with Crippen molar-refractivity contribution in [3.05, 3.63) is 71.5 Å². The van der Waals surface area contributed by atoms with Crippen molar-refractivity contribution in [2.75, 3.05) is 19.1 Å². The second kappa shape index (κ2) is 11.4. The molecule has 1 aromatic heterocycles. The van der Waals surface area contributed by atoms with E-state index in [0.29, 0.717) is 11.5 Å². The molecule has 7 nitrogen and oxygen atoms in total. The summed E-state index contributed by atoms with van der Waals surface area (Å²) < 4.78 is 25.2. The van der Waals surface area contributed by atoms with Gasteiger partial charge in [0.15, 0.2) is 0 Å². The summed E-state index contributed by atoms with van der Waals surface area (Å²) in [6.45, 7) is 3.97. The Labute approximate surface area is 197 Å². The average Bonchev–Trinajstić information content (AvgIpc) is 3.29. The van der Waals surface area contributed by atoms with Crippen molar-refractivity contribution >= 4 is 11.6 Å². The zero-order valence-corrected chi connectivity index (χ0v) is 19.5. The summed E-state index contributed by atoms with van der Waals surface area (Å²) in [6.07, 6.45) is -0.0369. The van der Waals surface area contributed by atoms with E-state index < -0.39 is 18.9 Å². The van der Waals surface area contributed by atoms with E-state index in [0.717, 1.165) is 11.1 Å². The lowest BCUT2D eigenvalue weighted by atomic mass is 9.78. The Morgan fingerprint density at radius 1 is 0.939 bits per heavy atom. The summed E-state index contributed by atoms with van der Waals surface area (Å²) in [5.74, 6) is 1.44. The Bertz CT molecular complexity index is 996. The van der Waals surface area contributed by atoms with Crippen LogP contribution in [0, 0.1) is 0 Å². The van der Waals surface area contributed by atoms with Crippen LogP contribution in [0.25, 0.3) is 0 Å². The highest BCUT2D eigenvalue weighted by Crippen LogP contribution is 2.33. The van der Waals surface area contributed by atoms with E-state index in [1.54, 1.807) is 0 Å². The van der Waals surface area contributed by atoms with Gasteiger partial charge in [-0.1, -0.05) is 43.3 Å². The molecule has 0 saturated heterocycles. The van der Waals surface area contributed by atoms with Gasteiger partial charge in [0.1, 0.15) is 49.3 Å². The second-order valence-electron chi connectivity index (χ2n) is 8.32. The average molecular weight is 477 g/mol. The predicted molar refractivity (Wildman–Crippen MR) is 124 cm³/mol. The number of aliphatic hydroxyl groups excluding tert-OH is 2. The molecule has 0 aliphatic heterocycles. The van der Waals surface area contributed by atoms with Gasteiger partial charge in [-0.15, -0.1) is 16.7 Å². The normalized spacial score (nSPS) is 13.5. The van der Waals surface area contributed by atoms with E-state index in [1.807, 2.05) is 48.5 Å². The summed E-state index contributed by atoms with van der Waals surface area (Å²) in [5, 5.41) is 27.1. The third-order valence-electron chi connectivity index (χ3n) is 5.34. The van der Waals surface area contributed by atoms with Crippen molar-refractivity contribution in [2.24, 2.45) is 0 Å². The van der Waals surface area contributed by atoms with Crippen molar-refractivity contribution in [2.45, 2.75) is 44.7 Å². The molecule has 2 N–H and O–H groups in total. The standard InChI is InChI=1S/C24H29ClFN3O4/c1-24(2,17-3-7-22(8-4-17)32-15-20(30)11-25)18-5-9-23(10-6-18)33-16-21(31)14-29-13-19(12-26)27-28-29/h3-10,13,20-21,30-31H,11-12,14-16H2,1-2H3/i26-1. The fraction of sp³-hybridized carbons (Fsp3) is 0.417. The van der Waals surface area contributed by atoms with Crippen LogP contribution in [0.2, 0.25) is 0 Å². The third kappa shape index (κ3) is 6.90. The van der Waals surface area contributed by atoms with Crippen LogP contribution in [0.15, 0.2) is 54.7 Å². The number of halogens is 2.